The third kappa shape index (κ3) is 3.09. The van der Waals surface area contributed by atoms with Crippen molar-refractivity contribution in [1.29, 1.82) is 0 Å². The summed E-state index contributed by atoms with van der Waals surface area (Å²) in [6.07, 6.45) is 1.18. The molecule has 3 heteroatoms. The first kappa shape index (κ1) is 14.5. The molecule has 0 amide bonds. The summed E-state index contributed by atoms with van der Waals surface area (Å²) in [5.74, 6) is 0.913. The second kappa shape index (κ2) is 6.12. The predicted molar refractivity (Wildman–Crippen MR) is 88.9 cm³/mol. The van der Waals surface area contributed by atoms with Crippen LogP contribution in [0.1, 0.15) is 31.0 Å². The maximum absolute atomic E-state index is 6.56. The molecular weight excluding hydrogens is 278 g/mol. The molecule has 0 spiro atoms. The van der Waals surface area contributed by atoms with Crippen molar-refractivity contribution in [1.82, 2.24) is 0 Å². The second-order valence-electron chi connectivity index (χ2n) is 5.70. The number of hydrogen-bond donors (Lipinski definition) is 1. The van der Waals surface area contributed by atoms with Gasteiger partial charge in [0.05, 0.1) is 6.10 Å². The number of hydrogen-bond acceptors (Lipinski definition) is 3. The van der Waals surface area contributed by atoms with Crippen molar-refractivity contribution in [2.24, 2.45) is 5.73 Å². The van der Waals surface area contributed by atoms with Crippen molar-refractivity contribution in [2.45, 2.75) is 42.6 Å². The molecule has 1 aliphatic rings. The fraction of sp³-hybridized carbons (Fsp3) is 0.333. The number of thioether (sulfide) groups is 1. The largest absolute Gasteiger partial charge is 0.491 e. The SMILES string of the molecule is CC(C)Oc1ccccc1C(N)C1Cc2ccccc2S1. The van der Waals surface area contributed by atoms with E-state index in [0.717, 1.165) is 17.7 Å². The molecule has 0 radical (unpaired) electrons. The average molecular weight is 299 g/mol. The van der Waals surface area contributed by atoms with Gasteiger partial charge in [0.15, 0.2) is 0 Å². The molecule has 110 valence electrons. The number of para-hydroxylation sites is 1. The van der Waals surface area contributed by atoms with Crippen LogP contribution in [-0.4, -0.2) is 11.4 Å². The van der Waals surface area contributed by atoms with Gasteiger partial charge in [0, 0.05) is 21.8 Å². The molecular formula is C18H21NOS. The lowest BCUT2D eigenvalue weighted by atomic mass is 9.99. The highest BCUT2D eigenvalue weighted by Gasteiger charge is 2.29. The van der Waals surface area contributed by atoms with Gasteiger partial charge in [0.2, 0.25) is 0 Å². The lowest BCUT2D eigenvalue weighted by Gasteiger charge is -2.22. The zero-order chi connectivity index (χ0) is 14.8. The van der Waals surface area contributed by atoms with Crippen LogP contribution >= 0.6 is 11.8 Å². The molecule has 0 fully saturated rings. The summed E-state index contributed by atoms with van der Waals surface area (Å²) < 4.78 is 5.91. The van der Waals surface area contributed by atoms with Crippen molar-refractivity contribution >= 4 is 11.8 Å². The molecule has 0 saturated carbocycles. The average Bonchev–Trinajstić information content (AvgIpc) is 2.90. The molecule has 3 rings (SSSR count). The van der Waals surface area contributed by atoms with Crippen LogP contribution in [0.25, 0.3) is 0 Å². The van der Waals surface area contributed by atoms with Crippen molar-refractivity contribution < 1.29 is 4.74 Å². The Morgan fingerprint density at radius 3 is 2.57 bits per heavy atom. The van der Waals surface area contributed by atoms with Crippen LogP contribution in [0.5, 0.6) is 5.75 Å². The summed E-state index contributed by atoms with van der Waals surface area (Å²) >= 11 is 1.89. The standard InChI is InChI=1S/C18H21NOS/c1-12(2)20-15-9-5-4-8-14(15)18(19)17-11-13-7-3-6-10-16(13)21-17/h3-10,12,17-18H,11,19H2,1-2H3. The normalized spacial score (nSPS) is 18.6. The highest BCUT2D eigenvalue weighted by atomic mass is 32.2. The maximum Gasteiger partial charge on any atom is 0.124 e. The first-order valence-corrected chi connectivity index (χ1v) is 8.29. The Bertz CT molecular complexity index is 601. The van der Waals surface area contributed by atoms with E-state index in [0.29, 0.717) is 5.25 Å². The number of fused-ring (bicyclic) bond motifs is 1. The Kier molecular flexibility index (Phi) is 4.22. The second-order valence-corrected chi connectivity index (χ2v) is 6.98. The molecule has 1 aliphatic heterocycles. The first-order valence-electron chi connectivity index (χ1n) is 7.41. The van der Waals surface area contributed by atoms with Crippen molar-refractivity contribution in [2.75, 3.05) is 0 Å². The van der Waals surface area contributed by atoms with Gasteiger partial charge in [-0.15, -0.1) is 11.8 Å². The lowest BCUT2D eigenvalue weighted by Crippen LogP contribution is -2.24. The van der Waals surface area contributed by atoms with E-state index in [1.807, 2.05) is 43.8 Å². The Morgan fingerprint density at radius 1 is 1.10 bits per heavy atom. The van der Waals surface area contributed by atoms with Gasteiger partial charge in [-0.25, -0.2) is 0 Å². The highest BCUT2D eigenvalue weighted by molar-refractivity contribution is 8.00. The summed E-state index contributed by atoms with van der Waals surface area (Å²) in [4.78, 5) is 1.36. The van der Waals surface area contributed by atoms with E-state index in [1.54, 1.807) is 0 Å². The molecule has 0 bridgehead atoms. The van der Waals surface area contributed by atoms with E-state index in [1.165, 1.54) is 10.5 Å². The molecule has 1 heterocycles. The topological polar surface area (TPSA) is 35.2 Å². The van der Waals surface area contributed by atoms with E-state index < -0.39 is 0 Å². The molecule has 2 aromatic carbocycles. The van der Waals surface area contributed by atoms with E-state index in [9.17, 15) is 0 Å². The van der Waals surface area contributed by atoms with Crippen LogP contribution in [-0.2, 0) is 6.42 Å². The maximum atomic E-state index is 6.56. The molecule has 0 saturated heterocycles. The third-order valence-electron chi connectivity index (χ3n) is 3.71. The number of rotatable bonds is 4. The Hall–Kier alpha value is -1.45. The summed E-state index contributed by atoms with van der Waals surface area (Å²) in [5.41, 5.74) is 9.07. The van der Waals surface area contributed by atoms with Crippen molar-refractivity contribution in [3.05, 3.63) is 59.7 Å². The Labute approximate surface area is 130 Å². The first-order chi connectivity index (χ1) is 10.1. The van der Waals surface area contributed by atoms with Crippen LogP contribution in [0.3, 0.4) is 0 Å². The van der Waals surface area contributed by atoms with Crippen LogP contribution in [0.15, 0.2) is 53.4 Å². The number of ether oxygens (including phenoxy) is 1. The smallest absolute Gasteiger partial charge is 0.124 e. The molecule has 2 unspecified atom stereocenters. The molecule has 0 aliphatic carbocycles. The van der Waals surface area contributed by atoms with E-state index >= 15 is 0 Å². The van der Waals surface area contributed by atoms with Gasteiger partial charge in [-0.05, 0) is 38.0 Å². The molecule has 21 heavy (non-hydrogen) atoms. The van der Waals surface area contributed by atoms with Gasteiger partial charge in [-0.1, -0.05) is 36.4 Å². The predicted octanol–water partition coefficient (Wildman–Crippen LogP) is 4.19. The molecule has 2 nitrogen and oxygen atoms in total. The minimum atomic E-state index is -0.0163. The van der Waals surface area contributed by atoms with E-state index in [4.69, 9.17) is 10.5 Å². The minimum Gasteiger partial charge on any atom is -0.491 e. The summed E-state index contributed by atoms with van der Waals surface area (Å²) in [6, 6.07) is 16.7. The van der Waals surface area contributed by atoms with Gasteiger partial charge in [-0.3, -0.25) is 0 Å². The third-order valence-corrected chi connectivity index (χ3v) is 5.13. The number of nitrogens with two attached hydrogens (primary N) is 1. The Morgan fingerprint density at radius 2 is 1.81 bits per heavy atom. The molecule has 2 N–H and O–H groups in total. The molecule has 2 atom stereocenters. The molecule has 0 aromatic heterocycles. The quantitative estimate of drug-likeness (QED) is 0.919. The van der Waals surface area contributed by atoms with E-state index in [-0.39, 0.29) is 12.1 Å². The zero-order valence-electron chi connectivity index (χ0n) is 12.5. The van der Waals surface area contributed by atoms with Crippen LogP contribution in [0.2, 0.25) is 0 Å². The molecule has 2 aromatic rings. The highest BCUT2D eigenvalue weighted by Crippen LogP contribution is 2.43. The fourth-order valence-corrected chi connectivity index (χ4v) is 4.07. The minimum absolute atomic E-state index is 0.0163. The van der Waals surface area contributed by atoms with Crippen molar-refractivity contribution in [3.8, 4) is 5.75 Å². The van der Waals surface area contributed by atoms with Gasteiger partial charge in [-0.2, -0.15) is 0 Å². The van der Waals surface area contributed by atoms with Crippen LogP contribution in [0, 0.1) is 0 Å². The lowest BCUT2D eigenvalue weighted by molar-refractivity contribution is 0.238. The van der Waals surface area contributed by atoms with Crippen LogP contribution in [0.4, 0.5) is 0 Å². The zero-order valence-corrected chi connectivity index (χ0v) is 13.3. The summed E-state index contributed by atoms with van der Waals surface area (Å²) in [5, 5.41) is 0.374. The monoisotopic (exact) mass is 299 g/mol. The summed E-state index contributed by atoms with van der Waals surface area (Å²) in [7, 11) is 0. The van der Waals surface area contributed by atoms with Gasteiger partial charge < -0.3 is 10.5 Å². The van der Waals surface area contributed by atoms with Gasteiger partial charge in [0.1, 0.15) is 5.75 Å². The van der Waals surface area contributed by atoms with Crippen LogP contribution < -0.4 is 10.5 Å². The summed E-state index contributed by atoms with van der Waals surface area (Å²) in [6.45, 7) is 4.09. The van der Waals surface area contributed by atoms with Crippen molar-refractivity contribution in [3.63, 3.8) is 0 Å². The Balaban J connectivity index is 1.82. The number of benzene rings is 2. The van der Waals surface area contributed by atoms with E-state index in [2.05, 4.69) is 30.3 Å². The fourth-order valence-electron chi connectivity index (χ4n) is 2.73. The van der Waals surface area contributed by atoms with Gasteiger partial charge in [0.25, 0.3) is 0 Å². The van der Waals surface area contributed by atoms with Gasteiger partial charge >= 0.3 is 0 Å².